The highest BCUT2D eigenvalue weighted by Gasteiger charge is 2.25. The van der Waals surface area contributed by atoms with Gasteiger partial charge in [-0.2, -0.15) is 0 Å². The van der Waals surface area contributed by atoms with Gasteiger partial charge in [0.2, 0.25) is 0 Å². The first-order valence-electron chi connectivity index (χ1n) is 10.8. The number of anilines is 2. The van der Waals surface area contributed by atoms with Crippen molar-refractivity contribution in [1.82, 2.24) is 5.32 Å². The van der Waals surface area contributed by atoms with E-state index in [4.69, 9.17) is 0 Å². The van der Waals surface area contributed by atoms with Crippen molar-refractivity contribution in [2.75, 3.05) is 10.0 Å². The second kappa shape index (κ2) is 10.4. The third kappa shape index (κ3) is 6.64. The van der Waals surface area contributed by atoms with Crippen LogP contribution in [-0.4, -0.2) is 30.9 Å². The number of Topliss-reactive ketones (excluding diaryl/α,β-unsaturated/α-hetero) is 1. The summed E-state index contributed by atoms with van der Waals surface area (Å²) in [4.78, 5) is 24.2. The summed E-state index contributed by atoms with van der Waals surface area (Å²) in [7, 11) is -4.34. The first kappa shape index (κ1) is 26.8. The Bertz CT molecular complexity index is 1370. The summed E-state index contributed by atoms with van der Waals surface area (Å²) in [5.74, 6) is -3.50. The normalized spacial score (nSPS) is 12.5. The van der Waals surface area contributed by atoms with Crippen molar-refractivity contribution in [2.45, 2.75) is 37.3 Å². The molecule has 3 aromatic rings. The molecule has 8 nitrogen and oxygen atoms in total. The van der Waals surface area contributed by atoms with Gasteiger partial charge in [-0.25, -0.2) is 22.0 Å². The van der Waals surface area contributed by atoms with Crippen LogP contribution >= 0.6 is 0 Å². The number of carbonyl (C=O) groups is 2. The Morgan fingerprint density at radius 3 is 2.11 bits per heavy atom. The van der Waals surface area contributed by atoms with Crippen molar-refractivity contribution in [3.63, 3.8) is 0 Å². The first-order valence-corrected chi connectivity index (χ1v) is 12.2. The van der Waals surface area contributed by atoms with Gasteiger partial charge < -0.3 is 15.7 Å². The van der Waals surface area contributed by atoms with Crippen LogP contribution in [-0.2, 0) is 10.0 Å². The highest BCUT2D eigenvalue weighted by molar-refractivity contribution is 7.92. The minimum absolute atomic E-state index is 0.195. The zero-order valence-electron chi connectivity index (χ0n) is 19.7. The number of aliphatic hydroxyl groups is 1. The van der Waals surface area contributed by atoms with E-state index in [0.717, 1.165) is 0 Å². The number of benzene rings is 3. The molecule has 1 unspecified atom stereocenters. The maximum Gasteiger partial charge on any atom is 0.319 e. The minimum atomic E-state index is -4.34. The maximum absolute atomic E-state index is 14.7. The van der Waals surface area contributed by atoms with Gasteiger partial charge in [-0.3, -0.25) is 9.52 Å². The summed E-state index contributed by atoms with van der Waals surface area (Å²) in [6, 6.07) is 13.3. The lowest BCUT2D eigenvalue weighted by molar-refractivity contribution is 0.0742. The molecule has 2 amide bonds. The van der Waals surface area contributed by atoms with Crippen LogP contribution in [0.2, 0.25) is 0 Å². The largest absolute Gasteiger partial charge is 0.380 e. The van der Waals surface area contributed by atoms with Crippen LogP contribution in [0.1, 0.15) is 42.8 Å². The smallest absolute Gasteiger partial charge is 0.319 e. The minimum Gasteiger partial charge on any atom is -0.380 e. The molecule has 36 heavy (non-hydrogen) atoms. The highest BCUT2D eigenvalue weighted by atomic mass is 32.2. The summed E-state index contributed by atoms with van der Waals surface area (Å²) in [5.41, 5.74) is -1.41. The number of ketones is 1. The van der Waals surface area contributed by atoms with E-state index in [9.17, 15) is 31.9 Å². The number of amides is 2. The number of sulfonamides is 1. The molecule has 0 aliphatic carbocycles. The number of halogens is 2. The highest BCUT2D eigenvalue weighted by Crippen LogP contribution is 2.27. The van der Waals surface area contributed by atoms with Crippen molar-refractivity contribution < 1.29 is 31.9 Å². The molecule has 3 aromatic carbocycles. The van der Waals surface area contributed by atoms with Crippen LogP contribution in [0, 0.1) is 11.6 Å². The average molecular weight is 518 g/mol. The van der Waals surface area contributed by atoms with Gasteiger partial charge in [0.15, 0.2) is 5.78 Å². The number of carbonyl (C=O) groups excluding carboxylic acids is 2. The molecule has 3 rings (SSSR count). The predicted molar refractivity (Wildman–Crippen MR) is 131 cm³/mol. The summed E-state index contributed by atoms with van der Waals surface area (Å²) in [6.45, 7) is 5.39. The summed E-state index contributed by atoms with van der Waals surface area (Å²) in [5, 5.41) is 15.5. The van der Waals surface area contributed by atoms with Gasteiger partial charge in [-0.1, -0.05) is 30.3 Å². The Hall–Kier alpha value is -3.83. The van der Waals surface area contributed by atoms with Crippen molar-refractivity contribution in [2.24, 2.45) is 0 Å². The zero-order valence-corrected chi connectivity index (χ0v) is 20.5. The van der Waals surface area contributed by atoms with E-state index < -0.39 is 56.4 Å². The van der Waals surface area contributed by atoms with Gasteiger partial charge in [0, 0.05) is 17.3 Å². The summed E-state index contributed by atoms with van der Waals surface area (Å²) < 4.78 is 56.6. The number of urea groups is 1. The molecule has 0 radical (unpaired) electrons. The molecule has 0 aromatic heterocycles. The van der Waals surface area contributed by atoms with E-state index in [1.165, 1.54) is 36.4 Å². The third-order valence-corrected chi connectivity index (χ3v) is 6.22. The second-order valence-corrected chi connectivity index (χ2v) is 10.6. The standard InChI is InChI=1S/C25H25F2N3O5S/c1-25(2,3)29-24(33)28-16-9-11-17(12-10-16)36(34,35)30-21-14-19(26)18(13-20(21)27)23(32)22(31)15-7-5-4-6-8-15/h4-14,22,30-31H,1-3H3,(H2,28,29,33). The molecule has 0 aliphatic rings. The topological polar surface area (TPSA) is 125 Å². The van der Waals surface area contributed by atoms with Crippen LogP contribution in [0.4, 0.5) is 25.0 Å². The average Bonchev–Trinajstić information content (AvgIpc) is 2.79. The molecule has 0 saturated carbocycles. The predicted octanol–water partition coefficient (Wildman–Crippen LogP) is 4.60. The molecule has 0 spiro atoms. The van der Waals surface area contributed by atoms with Gasteiger partial charge in [0.05, 0.1) is 16.1 Å². The van der Waals surface area contributed by atoms with E-state index >= 15 is 0 Å². The number of hydrogen-bond acceptors (Lipinski definition) is 5. The van der Waals surface area contributed by atoms with Crippen molar-refractivity contribution in [3.05, 3.63) is 89.5 Å². The van der Waals surface area contributed by atoms with Crippen LogP contribution in [0.3, 0.4) is 0 Å². The fourth-order valence-corrected chi connectivity index (χ4v) is 4.23. The Morgan fingerprint density at radius 1 is 0.917 bits per heavy atom. The van der Waals surface area contributed by atoms with Gasteiger partial charge in [-0.05, 0) is 56.7 Å². The molecule has 0 heterocycles. The van der Waals surface area contributed by atoms with Crippen LogP contribution in [0.25, 0.3) is 0 Å². The molecular weight excluding hydrogens is 492 g/mol. The lowest BCUT2D eigenvalue weighted by Gasteiger charge is -2.20. The van der Waals surface area contributed by atoms with E-state index in [-0.39, 0.29) is 10.5 Å². The lowest BCUT2D eigenvalue weighted by Crippen LogP contribution is -2.43. The number of nitrogens with one attached hydrogen (secondary N) is 3. The van der Waals surface area contributed by atoms with Crippen molar-refractivity contribution in [3.8, 4) is 0 Å². The van der Waals surface area contributed by atoms with Crippen molar-refractivity contribution in [1.29, 1.82) is 0 Å². The molecule has 0 bridgehead atoms. The third-order valence-electron chi connectivity index (χ3n) is 4.84. The molecule has 0 aliphatic heterocycles. The van der Waals surface area contributed by atoms with E-state index in [0.29, 0.717) is 17.8 Å². The number of hydrogen-bond donors (Lipinski definition) is 4. The maximum atomic E-state index is 14.7. The number of rotatable bonds is 7. The second-order valence-electron chi connectivity index (χ2n) is 8.95. The van der Waals surface area contributed by atoms with E-state index in [2.05, 4.69) is 10.6 Å². The van der Waals surface area contributed by atoms with Crippen molar-refractivity contribution >= 4 is 33.2 Å². The Kier molecular flexibility index (Phi) is 7.75. The quantitative estimate of drug-likeness (QED) is 0.341. The molecule has 0 fully saturated rings. The molecule has 190 valence electrons. The van der Waals surface area contributed by atoms with Crippen LogP contribution < -0.4 is 15.4 Å². The fraction of sp³-hybridized carbons (Fsp3) is 0.200. The molecule has 0 saturated heterocycles. The molecule has 4 N–H and O–H groups in total. The molecular formula is C25H25F2N3O5S. The van der Waals surface area contributed by atoms with Gasteiger partial charge >= 0.3 is 6.03 Å². The molecule has 11 heteroatoms. The molecule has 1 atom stereocenters. The van der Waals surface area contributed by atoms with Gasteiger partial charge in [0.25, 0.3) is 10.0 Å². The van der Waals surface area contributed by atoms with Crippen LogP contribution in [0.5, 0.6) is 0 Å². The van der Waals surface area contributed by atoms with Gasteiger partial charge in [-0.15, -0.1) is 0 Å². The zero-order chi connectivity index (χ0) is 26.7. The fourth-order valence-electron chi connectivity index (χ4n) is 3.17. The number of aliphatic hydroxyl groups excluding tert-OH is 1. The summed E-state index contributed by atoms with van der Waals surface area (Å²) in [6.07, 6.45) is -1.72. The van der Waals surface area contributed by atoms with E-state index in [1.807, 2.05) is 4.72 Å². The summed E-state index contributed by atoms with van der Waals surface area (Å²) >= 11 is 0. The van der Waals surface area contributed by atoms with Gasteiger partial charge in [0.1, 0.15) is 17.7 Å². The Labute approximate surface area is 207 Å². The SMILES string of the molecule is CC(C)(C)NC(=O)Nc1ccc(S(=O)(=O)Nc2cc(F)c(C(=O)C(O)c3ccccc3)cc2F)cc1. The Morgan fingerprint density at radius 2 is 1.53 bits per heavy atom. The monoisotopic (exact) mass is 517 g/mol. The Balaban J connectivity index is 1.77. The van der Waals surface area contributed by atoms with Crippen LogP contribution in [0.15, 0.2) is 71.6 Å². The lowest BCUT2D eigenvalue weighted by atomic mass is 9.99. The first-order chi connectivity index (χ1) is 16.8. The van der Waals surface area contributed by atoms with E-state index in [1.54, 1.807) is 39.0 Å².